The zero-order chi connectivity index (χ0) is 15.2. The van der Waals surface area contributed by atoms with E-state index in [0.717, 1.165) is 12.8 Å². The van der Waals surface area contributed by atoms with Gasteiger partial charge in [0.1, 0.15) is 4.90 Å². The van der Waals surface area contributed by atoms with Crippen molar-refractivity contribution in [2.75, 3.05) is 0 Å². The van der Waals surface area contributed by atoms with Crippen LogP contribution < -0.4 is 4.72 Å². The standard InChI is InChI=1S/C13H15Cl2NO4S/c14-8-3-7(6-17)13(15)12(4-8)21(18,19)16-10-5-9-1-2-11(10)20-9/h3-4,9-11,16-17H,1-2,5-6H2. The second kappa shape index (κ2) is 5.68. The van der Waals surface area contributed by atoms with Crippen molar-refractivity contribution in [2.24, 2.45) is 0 Å². The maximum Gasteiger partial charge on any atom is 0.242 e. The molecule has 2 aliphatic rings. The van der Waals surface area contributed by atoms with E-state index in [1.807, 2.05) is 0 Å². The van der Waals surface area contributed by atoms with E-state index in [4.69, 9.17) is 27.9 Å². The Morgan fingerprint density at radius 1 is 1.33 bits per heavy atom. The molecule has 3 rings (SSSR count). The first kappa shape index (κ1) is 15.5. The molecule has 0 aliphatic carbocycles. The van der Waals surface area contributed by atoms with E-state index in [0.29, 0.717) is 6.42 Å². The van der Waals surface area contributed by atoms with Crippen molar-refractivity contribution < 1.29 is 18.3 Å². The highest BCUT2D eigenvalue weighted by atomic mass is 35.5. The average Bonchev–Trinajstić information content (AvgIpc) is 3.02. The normalized spacial score (nSPS) is 28.2. The molecule has 2 aliphatic heterocycles. The summed E-state index contributed by atoms with van der Waals surface area (Å²) >= 11 is 12.0. The van der Waals surface area contributed by atoms with Gasteiger partial charge in [0.15, 0.2) is 0 Å². The van der Waals surface area contributed by atoms with Crippen molar-refractivity contribution in [3.8, 4) is 0 Å². The fourth-order valence-corrected chi connectivity index (χ4v) is 5.16. The first-order valence-electron chi connectivity index (χ1n) is 6.67. The van der Waals surface area contributed by atoms with Crippen molar-refractivity contribution >= 4 is 33.2 Å². The lowest BCUT2D eigenvalue weighted by molar-refractivity contribution is 0.0996. The summed E-state index contributed by atoms with van der Waals surface area (Å²) in [4.78, 5) is -0.108. The zero-order valence-electron chi connectivity index (χ0n) is 11.1. The first-order chi connectivity index (χ1) is 9.90. The lowest BCUT2D eigenvalue weighted by atomic mass is 9.96. The fourth-order valence-electron chi connectivity index (χ4n) is 2.95. The molecule has 2 N–H and O–H groups in total. The van der Waals surface area contributed by atoms with E-state index in [2.05, 4.69) is 4.72 Å². The molecule has 116 valence electrons. The van der Waals surface area contributed by atoms with Gasteiger partial charge in [0.2, 0.25) is 10.0 Å². The third-order valence-corrected chi connectivity index (χ3v) is 6.24. The van der Waals surface area contributed by atoms with Crippen LogP contribution in [0, 0.1) is 0 Å². The Morgan fingerprint density at radius 3 is 2.67 bits per heavy atom. The number of fused-ring (bicyclic) bond motifs is 2. The molecular weight excluding hydrogens is 337 g/mol. The molecule has 5 nitrogen and oxygen atoms in total. The SMILES string of the molecule is O=S(=O)(NC1CC2CCC1O2)c1cc(Cl)cc(CO)c1Cl. The monoisotopic (exact) mass is 351 g/mol. The van der Waals surface area contributed by atoms with E-state index >= 15 is 0 Å². The van der Waals surface area contributed by atoms with E-state index in [-0.39, 0.29) is 45.4 Å². The van der Waals surface area contributed by atoms with Crippen LogP contribution in [0.4, 0.5) is 0 Å². The summed E-state index contributed by atoms with van der Waals surface area (Å²) in [6.45, 7) is -0.376. The summed E-state index contributed by atoms with van der Waals surface area (Å²) in [7, 11) is -3.81. The van der Waals surface area contributed by atoms with Crippen molar-refractivity contribution in [3.05, 3.63) is 27.7 Å². The number of nitrogens with one attached hydrogen (secondary N) is 1. The van der Waals surface area contributed by atoms with Crippen LogP contribution in [0.15, 0.2) is 17.0 Å². The number of aliphatic hydroxyl groups is 1. The molecule has 3 unspecified atom stereocenters. The fraction of sp³-hybridized carbons (Fsp3) is 0.538. The topological polar surface area (TPSA) is 75.6 Å². The Kier molecular flexibility index (Phi) is 4.20. The van der Waals surface area contributed by atoms with Crippen LogP contribution in [-0.4, -0.2) is 31.8 Å². The van der Waals surface area contributed by atoms with E-state index < -0.39 is 10.0 Å². The third kappa shape index (κ3) is 2.93. The average molecular weight is 352 g/mol. The number of sulfonamides is 1. The summed E-state index contributed by atoms with van der Waals surface area (Å²) in [5.74, 6) is 0. The molecule has 2 heterocycles. The zero-order valence-corrected chi connectivity index (χ0v) is 13.4. The highest BCUT2D eigenvalue weighted by Crippen LogP contribution is 2.36. The van der Waals surface area contributed by atoms with Gasteiger partial charge in [-0.2, -0.15) is 0 Å². The molecule has 0 spiro atoms. The molecule has 2 bridgehead atoms. The molecule has 0 aromatic heterocycles. The molecule has 2 saturated heterocycles. The Labute approximate surface area is 133 Å². The van der Waals surface area contributed by atoms with Crippen LogP contribution in [0.3, 0.4) is 0 Å². The van der Waals surface area contributed by atoms with Crippen molar-refractivity contribution in [2.45, 2.75) is 49.0 Å². The van der Waals surface area contributed by atoms with Gasteiger partial charge < -0.3 is 9.84 Å². The minimum absolute atomic E-state index is 0.00141. The number of benzene rings is 1. The van der Waals surface area contributed by atoms with Gasteiger partial charge in [-0.1, -0.05) is 23.2 Å². The van der Waals surface area contributed by atoms with Crippen LogP contribution in [0.5, 0.6) is 0 Å². The predicted molar refractivity (Wildman–Crippen MR) is 79.0 cm³/mol. The quantitative estimate of drug-likeness (QED) is 0.870. The molecule has 1 aromatic rings. The van der Waals surface area contributed by atoms with Crippen molar-refractivity contribution in [1.29, 1.82) is 0 Å². The van der Waals surface area contributed by atoms with Crippen molar-refractivity contribution in [1.82, 2.24) is 4.72 Å². The van der Waals surface area contributed by atoms with Gasteiger partial charge in [0.05, 0.1) is 29.9 Å². The number of hydrogen-bond donors (Lipinski definition) is 2. The predicted octanol–water partition coefficient (Wildman–Crippen LogP) is 2.08. The van der Waals surface area contributed by atoms with E-state index in [9.17, 15) is 13.5 Å². The van der Waals surface area contributed by atoms with Gasteiger partial charge >= 0.3 is 0 Å². The summed E-state index contributed by atoms with van der Waals surface area (Å²) in [5.41, 5.74) is 0.286. The Hall–Kier alpha value is -0.370. The molecule has 1 aromatic carbocycles. The summed E-state index contributed by atoms with van der Waals surface area (Å²) < 4.78 is 33.3. The van der Waals surface area contributed by atoms with Gasteiger partial charge in [-0.25, -0.2) is 13.1 Å². The van der Waals surface area contributed by atoms with Crippen LogP contribution in [0.2, 0.25) is 10.0 Å². The smallest absolute Gasteiger partial charge is 0.242 e. The maximum atomic E-state index is 12.5. The summed E-state index contributed by atoms with van der Waals surface area (Å²) in [5, 5.41) is 9.44. The Balaban J connectivity index is 1.90. The lowest BCUT2D eigenvalue weighted by Crippen LogP contribution is -2.41. The van der Waals surface area contributed by atoms with Gasteiger partial charge in [-0.05, 0) is 37.0 Å². The largest absolute Gasteiger partial charge is 0.392 e. The number of hydrogen-bond acceptors (Lipinski definition) is 4. The van der Waals surface area contributed by atoms with Gasteiger partial charge in [-0.3, -0.25) is 0 Å². The number of ether oxygens (including phenoxy) is 1. The molecule has 0 amide bonds. The molecule has 3 atom stereocenters. The number of aliphatic hydroxyl groups excluding tert-OH is 1. The number of rotatable bonds is 4. The Morgan fingerprint density at radius 2 is 2.10 bits per heavy atom. The van der Waals surface area contributed by atoms with Gasteiger partial charge in [0, 0.05) is 5.02 Å². The van der Waals surface area contributed by atoms with Crippen LogP contribution in [-0.2, 0) is 21.4 Å². The van der Waals surface area contributed by atoms with E-state index in [1.165, 1.54) is 12.1 Å². The van der Waals surface area contributed by atoms with Crippen LogP contribution in [0.25, 0.3) is 0 Å². The van der Waals surface area contributed by atoms with Crippen LogP contribution in [0.1, 0.15) is 24.8 Å². The summed E-state index contributed by atoms with van der Waals surface area (Å²) in [6.07, 6.45) is 2.60. The molecule has 2 fully saturated rings. The highest BCUT2D eigenvalue weighted by Gasteiger charge is 2.42. The van der Waals surface area contributed by atoms with Crippen LogP contribution >= 0.6 is 23.2 Å². The summed E-state index contributed by atoms with van der Waals surface area (Å²) in [6, 6.07) is 2.50. The highest BCUT2D eigenvalue weighted by molar-refractivity contribution is 7.89. The maximum absolute atomic E-state index is 12.5. The minimum atomic E-state index is -3.81. The third-order valence-electron chi connectivity index (χ3n) is 3.95. The molecule has 21 heavy (non-hydrogen) atoms. The lowest BCUT2D eigenvalue weighted by Gasteiger charge is -2.20. The molecule has 0 saturated carbocycles. The number of halogens is 2. The minimum Gasteiger partial charge on any atom is -0.392 e. The first-order valence-corrected chi connectivity index (χ1v) is 8.91. The van der Waals surface area contributed by atoms with Gasteiger partial charge in [0.25, 0.3) is 0 Å². The Bertz CT molecular complexity index is 664. The second-order valence-electron chi connectivity index (χ2n) is 5.37. The van der Waals surface area contributed by atoms with Crippen molar-refractivity contribution in [3.63, 3.8) is 0 Å². The second-order valence-corrected chi connectivity index (χ2v) is 7.87. The molecule has 8 heteroatoms. The molecule has 0 radical (unpaired) electrons. The molecular formula is C13H15Cl2NO4S. The van der Waals surface area contributed by atoms with Gasteiger partial charge in [-0.15, -0.1) is 0 Å². The van der Waals surface area contributed by atoms with E-state index in [1.54, 1.807) is 0 Å².